The van der Waals surface area contributed by atoms with Gasteiger partial charge in [0.25, 0.3) is 0 Å². The van der Waals surface area contributed by atoms with Crippen LogP contribution in [0.3, 0.4) is 0 Å². The second-order valence-electron chi connectivity index (χ2n) is 2.60. The third kappa shape index (κ3) is 3.11. The van der Waals surface area contributed by atoms with Crippen LogP contribution in [0, 0.1) is 0 Å². The Kier molecular flexibility index (Phi) is 5.51. The van der Waals surface area contributed by atoms with E-state index in [-0.39, 0.29) is 18.4 Å². The van der Waals surface area contributed by atoms with E-state index in [9.17, 15) is 0 Å². The molecule has 0 aliphatic heterocycles. The summed E-state index contributed by atoms with van der Waals surface area (Å²) in [6.45, 7) is 3.65. The standard InChI is InChI=1S/C9H14N2.ClH/c1-2-3-5-8(10)9-6-4-7-11-9;/h2,4,6-8,11H,1,3,5,10H2;1H/t8-;/m1./s1. The Morgan fingerprint density at radius 2 is 2.42 bits per heavy atom. The molecule has 0 saturated heterocycles. The summed E-state index contributed by atoms with van der Waals surface area (Å²) in [4.78, 5) is 3.09. The Morgan fingerprint density at radius 3 is 2.92 bits per heavy atom. The minimum absolute atomic E-state index is 0. The largest absolute Gasteiger partial charge is 0.364 e. The highest BCUT2D eigenvalue weighted by atomic mass is 35.5. The van der Waals surface area contributed by atoms with E-state index in [1.807, 2.05) is 24.4 Å². The van der Waals surface area contributed by atoms with E-state index in [0.29, 0.717) is 0 Å². The van der Waals surface area contributed by atoms with Gasteiger partial charge in [0.2, 0.25) is 0 Å². The molecule has 0 aliphatic rings. The van der Waals surface area contributed by atoms with E-state index in [2.05, 4.69) is 11.6 Å². The third-order valence-corrected chi connectivity index (χ3v) is 1.70. The van der Waals surface area contributed by atoms with Gasteiger partial charge in [-0.3, -0.25) is 0 Å². The Balaban J connectivity index is 0.00000121. The summed E-state index contributed by atoms with van der Waals surface area (Å²) in [5.74, 6) is 0. The topological polar surface area (TPSA) is 41.8 Å². The Hall–Kier alpha value is -0.730. The maximum atomic E-state index is 5.85. The van der Waals surface area contributed by atoms with E-state index >= 15 is 0 Å². The fourth-order valence-corrected chi connectivity index (χ4v) is 1.03. The van der Waals surface area contributed by atoms with Crippen molar-refractivity contribution in [1.82, 2.24) is 4.98 Å². The van der Waals surface area contributed by atoms with Gasteiger partial charge in [-0.25, -0.2) is 0 Å². The van der Waals surface area contributed by atoms with Crippen molar-refractivity contribution in [3.05, 3.63) is 36.7 Å². The molecule has 1 atom stereocenters. The second kappa shape index (κ2) is 5.86. The Morgan fingerprint density at radius 1 is 1.67 bits per heavy atom. The van der Waals surface area contributed by atoms with Crippen LogP contribution in [0.15, 0.2) is 31.0 Å². The lowest BCUT2D eigenvalue weighted by Gasteiger charge is -2.06. The van der Waals surface area contributed by atoms with Gasteiger partial charge in [-0.05, 0) is 25.0 Å². The van der Waals surface area contributed by atoms with Crippen LogP contribution in [0.25, 0.3) is 0 Å². The number of aromatic nitrogens is 1. The quantitative estimate of drug-likeness (QED) is 0.697. The van der Waals surface area contributed by atoms with Crippen molar-refractivity contribution >= 4 is 12.4 Å². The maximum Gasteiger partial charge on any atom is 0.0450 e. The van der Waals surface area contributed by atoms with Crippen LogP contribution in [0.1, 0.15) is 24.6 Å². The molecule has 0 radical (unpaired) electrons. The molecule has 1 heterocycles. The molecule has 0 bridgehead atoms. The van der Waals surface area contributed by atoms with Crippen molar-refractivity contribution in [2.75, 3.05) is 0 Å². The maximum absolute atomic E-state index is 5.85. The first-order chi connectivity index (χ1) is 5.34. The van der Waals surface area contributed by atoms with Gasteiger partial charge in [0, 0.05) is 17.9 Å². The molecular formula is C9H15ClN2. The van der Waals surface area contributed by atoms with Crippen molar-refractivity contribution in [3.63, 3.8) is 0 Å². The van der Waals surface area contributed by atoms with Gasteiger partial charge >= 0.3 is 0 Å². The molecule has 0 unspecified atom stereocenters. The minimum Gasteiger partial charge on any atom is -0.364 e. The predicted octanol–water partition coefficient (Wildman–Crippen LogP) is 2.40. The molecule has 12 heavy (non-hydrogen) atoms. The summed E-state index contributed by atoms with van der Waals surface area (Å²) in [5, 5.41) is 0. The molecule has 0 aliphatic carbocycles. The number of halogens is 1. The number of allylic oxidation sites excluding steroid dienone is 1. The molecule has 1 aromatic heterocycles. The second-order valence-corrected chi connectivity index (χ2v) is 2.60. The number of hydrogen-bond donors (Lipinski definition) is 2. The molecule has 0 spiro atoms. The van der Waals surface area contributed by atoms with Crippen molar-refractivity contribution in [1.29, 1.82) is 0 Å². The van der Waals surface area contributed by atoms with Gasteiger partial charge in [-0.15, -0.1) is 19.0 Å². The van der Waals surface area contributed by atoms with Crippen LogP contribution in [-0.4, -0.2) is 4.98 Å². The summed E-state index contributed by atoms with van der Waals surface area (Å²) >= 11 is 0. The van der Waals surface area contributed by atoms with Gasteiger partial charge in [0.15, 0.2) is 0 Å². The average Bonchev–Trinajstić information content (AvgIpc) is 2.52. The first-order valence-electron chi connectivity index (χ1n) is 3.84. The highest BCUT2D eigenvalue weighted by Crippen LogP contribution is 2.12. The SMILES string of the molecule is C=CCC[C@@H](N)c1ccc[nH]1.Cl. The normalized spacial score (nSPS) is 11.8. The molecule has 0 aromatic carbocycles. The summed E-state index contributed by atoms with van der Waals surface area (Å²) in [6, 6.07) is 4.10. The Labute approximate surface area is 79.3 Å². The van der Waals surface area contributed by atoms with Crippen LogP contribution in [0.4, 0.5) is 0 Å². The average molecular weight is 187 g/mol. The molecule has 1 rings (SSSR count). The highest BCUT2D eigenvalue weighted by molar-refractivity contribution is 5.85. The van der Waals surface area contributed by atoms with Gasteiger partial charge in [0.05, 0.1) is 0 Å². The van der Waals surface area contributed by atoms with Crippen molar-refractivity contribution in [2.45, 2.75) is 18.9 Å². The number of aromatic amines is 1. The molecule has 3 heteroatoms. The van der Waals surface area contributed by atoms with Crippen molar-refractivity contribution < 1.29 is 0 Å². The number of nitrogens with two attached hydrogens (primary N) is 1. The first kappa shape index (κ1) is 11.3. The lowest BCUT2D eigenvalue weighted by molar-refractivity contribution is 0.646. The number of nitrogens with one attached hydrogen (secondary N) is 1. The summed E-state index contributed by atoms with van der Waals surface area (Å²) < 4.78 is 0. The van der Waals surface area contributed by atoms with Crippen LogP contribution >= 0.6 is 12.4 Å². The van der Waals surface area contributed by atoms with E-state index in [1.54, 1.807) is 0 Å². The molecular weight excluding hydrogens is 172 g/mol. The van der Waals surface area contributed by atoms with Gasteiger partial charge in [-0.1, -0.05) is 6.08 Å². The molecule has 2 nitrogen and oxygen atoms in total. The molecule has 0 fully saturated rings. The zero-order valence-corrected chi connectivity index (χ0v) is 7.81. The van der Waals surface area contributed by atoms with Crippen LogP contribution < -0.4 is 5.73 Å². The van der Waals surface area contributed by atoms with Crippen molar-refractivity contribution in [3.8, 4) is 0 Å². The highest BCUT2D eigenvalue weighted by Gasteiger charge is 2.03. The molecule has 0 saturated carbocycles. The van der Waals surface area contributed by atoms with Gasteiger partial charge in [-0.2, -0.15) is 0 Å². The molecule has 68 valence electrons. The van der Waals surface area contributed by atoms with Crippen molar-refractivity contribution in [2.24, 2.45) is 5.73 Å². The summed E-state index contributed by atoms with van der Waals surface area (Å²) in [7, 11) is 0. The van der Waals surface area contributed by atoms with Gasteiger partial charge < -0.3 is 10.7 Å². The van der Waals surface area contributed by atoms with E-state index in [4.69, 9.17) is 5.73 Å². The van der Waals surface area contributed by atoms with Crippen LogP contribution in [0.5, 0.6) is 0 Å². The minimum atomic E-state index is 0. The zero-order chi connectivity index (χ0) is 8.10. The predicted molar refractivity (Wildman–Crippen MR) is 54.4 cm³/mol. The van der Waals surface area contributed by atoms with Crippen LogP contribution in [-0.2, 0) is 0 Å². The van der Waals surface area contributed by atoms with Crippen LogP contribution in [0.2, 0.25) is 0 Å². The van der Waals surface area contributed by atoms with E-state index in [0.717, 1.165) is 18.5 Å². The number of rotatable bonds is 4. The molecule has 1 aromatic rings. The fourth-order valence-electron chi connectivity index (χ4n) is 1.03. The monoisotopic (exact) mass is 186 g/mol. The zero-order valence-electron chi connectivity index (χ0n) is 6.99. The number of hydrogen-bond acceptors (Lipinski definition) is 1. The third-order valence-electron chi connectivity index (χ3n) is 1.70. The number of H-pyrrole nitrogens is 1. The Bertz CT molecular complexity index is 206. The first-order valence-corrected chi connectivity index (χ1v) is 3.84. The van der Waals surface area contributed by atoms with Gasteiger partial charge in [0.1, 0.15) is 0 Å². The molecule has 0 amide bonds. The lowest BCUT2D eigenvalue weighted by Crippen LogP contribution is -2.09. The lowest BCUT2D eigenvalue weighted by atomic mass is 10.1. The molecule has 3 N–H and O–H groups in total. The van der Waals surface area contributed by atoms with E-state index < -0.39 is 0 Å². The smallest absolute Gasteiger partial charge is 0.0450 e. The fraction of sp³-hybridized carbons (Fsp3) is 0.333. The van der Waals surface area contributed by atoms with E-state index in [1.165, 1.54) is 0 Å². The summed E-state index contributed by atoms with van der Waals surface area (Å²) in [6.07, 6.45) is 5.72. The summed E-state index contributed by atoms with van der Waals surface area (Å²) in [5.41, 5.74) is 6.95.